The van der Waals surface area contributed by atoms with Crippen LogP contribution >= 0.6 is 0 Å². The minimum Gasteiger partial charge on any atom is -0.490 e. The maximum atomic E-state index is 5.73. The monoisotopic (exact) mass is 278 g/mol. The third kappa shape index (κ3) is 3.64. The van der Waals surface area contributed by atoms with Gasteiger partial charge in [-0.2, -0.15) is 0 Å². The maximum absolute atomic E-state index is 5.73. The zero-order valence-electron chi connectivity index (χ0n) is 12.5. The molecule has 0 bridgehead atoms. The molecule has 1 aliphatic carbocycles. The van der Waals surface area contributed by atoms with Crippen molar-refractivity contribution < 1.29 is 9.47 Å². The molecule has 1 aromatic rings. The lowest BCUT2D eigenvalue weighted by Crippen LogP contribution is -2.31. The second-order valence-corrected chi connectivity index (χ2v) is 5.32. The van der Waals surface area contributed by atoms with Crippen LogP contribution in [-0.4, -0.2) is 13.2 Å². The molecule has 0 saturated heterocycles. The number of hydrogen-bond donors (Lipinski definition) is 2. The van der Waals surface area contributed by atoms with Gasteiger partial charge in [0.1, 0.15) is 0 Å². The summed E-state index contributed by atoms with van der Waals surface area (Å²) < 4.78 is 11.3. The third-order valence-electron chi connectivity index (χ3n) is 3.96. The summed E-state index contributed by atoms with van der Waals surface area (Å²) in [5.41, 5.74) is 4.11. The molecule has 1 aliphatic rings. The molecule has 1 aromatic carbocycles. The van der Waals surface area contributed by atoms with Gasteiger partial charge in [-0.1, -0.05) is 25.3 Å². The van der Waals surface area contributed by atoms with Crippen LogP contribution in [0.15, 0.2) is 18.2 Å². The molecular weight excluding hydrogens is 252 g/mol. The predicted octanol–water partition coefficient (Wildman–Crippen LogP) is 3.18. The molecular formula is C16H26N2O2. The normalized spacial score (nSPS) is 16.6. The molecule has 1 atom stereocenters. The Kier molecular flexibility index (Phi) is 5.68. The van der Waals surface area contributed by atoms with E-state index in [0.29, 0.717) is 13.2 Å². The number of nitrogens with two attached hydrogens (primary N) is 1. The van der Waals surface area contributed by atoms with Crippen molar-refractivity contribution in [3.8, 4) is 11.5 Å². The van der Waals surface area contributed by atoms with E-state index in [2.05, 4.69) is 17.6 Å². The van der Waals surface area contributed by atoms with Gasteiger partial charge in [0.15, 0.2) is 11.5 Å². The van der Waals surface area contributed by atoms with Crippen molar-refractivity contribution >= 4 is 0 Å². The Bertz CT molecular complexity index is 419. The number of ether oxygens (including phenoxy) is 2. The molecule has 1 saturated carbocycles. The molecule has 0 heterocycles. The topological polar surface area (TPSA) is 56.5 Å². The number of rotatable bonds is 8. The largest absolute Gasteiger partial charge is 0.490 e. The van der Waals surface area contributed by atoms with Gasteiger partial charge >= 0.3 is 0 Å². The molecule has 3 N–H and O–H groups in total. The lowest BCUT2D eigenvalue weighted by Gasteiger charge is -2.29. The van der Waals surface area contributed by atoms with Gasteiger partial charge in [-0.3, -0.25) is 11.3 Å². The van der Waals surface area contributed by atoms with E-state index in [0.717, 1.165) is 23.8 Å². The first-order valence-corrected chi connectivity index (χ1v) is 7.64. The highest BCUT2D eigenvalue weighted by molar-refractivity contribution is 5.44. The second-order valence-electron chi connectivity index (χ2n) is 5.32. The Hall–Kier alpha value is -1.26. The summed E-state index contributed by atoms with van der Waals surface area (Å²) in [6.07, 6.45) is 5.10. The average Bonchev–Trinajstić information content (AvgIpc) is 2.41. The summed E-state index contributed by atoms with van der Waals surface area (Å²) >= 11 is 0. The summed E-state index contributed by atoms with van der Waals surface area (Å²) in [4.78, 5) is 0. The summed E-state index contributed by atoms with van der Waals surface area (Å²) in [5, 5.41) is 0. The zero-order valence-corrected chi connectivity index (χ0v) is 12.5. The Morgan fingerprint density at radius 1 is 1.20 bits per heavy atom. The van der Waals surface area contributed by atoms with Crippen molar-refractivity contribution in [3.63, 3.8) is 0 Å². The van der Waals surface area contributed by atoms with E-state index < -0.39 is 0 Å². The van der Waals surface area contributed by atoms with Crippen LogP contribution in [0.25, 0.3) is 0 Å². The minimum atomic E-state index is 0.190. The molecule has 2 rings (SSSR count). The molecule has 112 valence electrons. The van der Waals surface area contributed by atoms with E-state index in [1.165, 1.54) is 24.8 Å². The van der Waals surface area contributed by atoms with E-state index in [-0.39, 0.29) is 6.04 Å². The predicted molar refractivity (Wildman–Crippen MR) is 80.8 cm³/mol. The van der Waals surface area contributed by atoms with Crippen molar-refractivity contribution in [2.75, 3.05) is 13.2 Å². The fourth-order valence-electron chi connectivity index (χ4n) is 2.65. The van der Waals surface area contributed by atoms with E-state index in [9.17, 15) is 0 Å². The van der Waals surface area contributed by atoms with Crippen molar-refractivity contribution in [1.29, 1.82) is 0 Å². The van der Waals surface area contributed by atoms with Gasteiger partial charge in [0, 0.05) is 6.04 Å². The van der Waals surface area contributed by atoms with Crippen LogP contribution in [0.5, 0.6) is 11.5 Å². The first-order valence-electron chi connectivity index (χ1n) is 7.64. The van der Waals surface area contributed by atoms with Gasteiger partial charge in [-0.15, -0.1) is 0 Å². The SMILES string of the molecule is CCOc1ccc(C(CC2CCC2)NN)cc1OCC. The number of nitrogens with one attached hydrogen (secondary N) is 1. The molecule has 1 unspecified atom stereocenters. The van der Waals surface area contributed by atoms with Crippen LogP contribution in [0, 0.1) is 5.92 Å². The van der Waals surface area contributed by atoms with Crippen LogP contribution in [0.2, 0.25) is 0 Å². The molecule has 4 heteroatoms. The Balaban J connectivity index is 2.14. The van der Waals surface area contributed by atoms with Gasteiger partial charge < -0.3 is 9.47 Å². The summed E-state index contributed by atoms with van der Waals surface area (Å²) in [7, 11) is 0. The van der Waals surface area contributed by atoms with Crippen molar-refractivity contribution in [1.82, 2.24) is 5.43 Å². The van der Waals surface area contributed by atoms with Gasteiger partial charge in [-0.05, 0) is 43.9 Å². The van der Waals surface area contributed by atoms with Crippen LogP contribution in [0.1, 0.15) is 51.1 Å². The van der Waals surface area contributed by atoms with E-state index >= 15 is 0 Å². The van der Waals surface area contributed by atoms with Gasteiger partial charge in [-0.25, -0.2) is 0 Å². The van der Waals surface area contributed by atoms with Crippen molar-refractivity contribution in [2.24, 2.45) is 11.8 Å². The van der Waals surface area contributed by atoms with Crippen LogP contribution < -0.4 is 20.7 Å². The van der Waals surface area contributed by atoms with E-state index in [4.69, 9.17) is 15.3 Å². The number of benzene rings is 1. The Morgan fingerprint density at radius 2 is 1.90 bits per heavy atom. The van der Waals surface area contributed by atoms with Crippen LogP contribution in [0.3, 0.4) is 0 Å². The van der Waals surface area contributed by atoms with Gasteiger partial charge in [0.05, 0.1) is 13.2 Å². The highest BCUT2D eigenvalue weighted by Crippen LogP contribution is 2.37. The highest BCUT2D eigenvalue weighted by atomic mass is 16.5. The fourth-order valence-corrected chi connectivity index (χ4v) is 2.65. The lowest BCUT2D eigenvalue weighted by molar-refractivity contribution is 0.260. The number of hydrogen-bond acceptors (Lipinski definition) is 4. The average molecular weight is 278 g/mol. The van der Waals surface area contributed by atoms with Crippen molar-refractivity contribution in [2.45, 2.75) is 45.6 Å². The van der Waals surface area contributed by atoms with Crippen LogP contribution in [-0.2, 0) is 0 Å². The first kappa shape index (κ1) is 15.1. The molecule has 0 aliphatic heterocycles. The van der Waals surface area contributed by atoms with E-state index in [1.807, 2.05) is 19.9 Å². The molecule has 1 fully saturated rings. The molecule has 0 aromatic heterocycles. The standard InChI is InChI=1S/C16H26N2O2/c1-3-19-15-9-8-13(11-16(15)20-4-2)14(18-17)10-12-6-5-7-12/h8-9,11-12,14,18H,3-7,10,17H2,1-2H3. The summed E-state index contributed by atoms with van der Waals surface area (Å²) in [5.74, 6) is 8.14. The maximum Gasteiger partial charge on any atom is 0.161 e. The first-order chi connectivity index (χ1) is 9.78. The smallest absolute Gasteiger partial charge is 0.161 e. The third-order valence-corrected chi connectivity index (χ3v) is 3.96. The second kappa shape index (κ2) is 7.50. The van der Waals surface area contributed by atoms with Gasteiger partial charge in [0.2, 0.25) is 0 Å². The number of hydrazine groups is 1. The Labute approximate surface area is 121 Å². The summed E-state index contributed by atoms with van der Waals surface area (Å²) in [6.45, 7) is 5.23. The zero-order chi connectivity index (χ0) is 14.4. The van der Waals surface area contributed by atoms with Crippen LogP contribution in [0.4, 0.5) is 0 Å². The minimum absolute atomic E-state index is 0.190. The molecule has 4 nitrogen and oxygen atoms in total. The lowest BCUT2D eigenvalue weighted by atomic mass is 9.80. The molecule has 0 radical (unpaired) electrons. The molecule has 0 spiro atoms. The Morgan fingerprint density at radius 3 is 2.45 bits per heavy atom. The summed E-state index contributed by atoms with van der Waals surface area (Å²) in [6, 6.07) is 6.30. The highest BCUT2D eigenvalue weighted by Gasteiger charge is 2.23. The molecule has 0 amide bonds. The fraction of sp³-hybridized carbons (Fsp3) is 0.625. The van der Waals surface area contributed by atoms with E-state index in [1.54, 1.807) is 0 Å². The van der Waals surface area contributed by atoms with Gasteiger partial charge in [0.25, 0.3) is 0 Å². The van der Waals surface area contributed by atoms with Crippen molar-refractivity contribution in [3.05, 3.63) is 23.8 Å². The molecule has 20 heavy (non-hydrogen) atoms. The quantitative estimate of drug-likeness (QED) is 0.566.